The first-order valence-corrected chi connectivity index (χ1v) is 8.08. The van der Waals surface area contributed by atoms with Gasteiger partial charge in [0.05, 0.1) is 5.57 Å². The summed E-state index contributed by atoms with van der Waals surface area (Å²) in [6, 6.07) is 0.500. The molecule has 4 nitrogen and oxygen atoms in total. The van der Waals surface area contributed by atoms with Crippen LogP contribution in [0, 0.1) is 11.3 Å². The van der Waals surface area contributed by atoms with Gasteiger partial charge in [0.15, 0.2) is 0 Å². The number of primary amides is 1. The summed E-state index contributed by atoms with van der Waals surface area (Å²) in [6.45, 7) is 4.66. The summed E-state index contributed by atoms with van der Waals surface area (Å²) in [5.74, 6) is 0.148. The number of nitrogens with zero attached hydrogens (tertiary/aromatic N) is 1. The van der Waals surface area contributed by atoms with Gasteiger partial charge in [-0.3, -0.25) is 4.79 Å². The van der Waals surface area contributed by atoms with E-state index in [1.807, 2.05) is 6.20 Å². The number of carbonyl (C=O) groups excluding carboxylic acids is 1. The Morgan fingerprint density at radius 3 is 2.95 bits per heavy atom. The summed E-state index contributed by atoms with van der Waals surface area (Å²) in [5, 5.41) is 3.14. The maximum Gasteiger partial charge on any atom is 0.250 e. The van der Waals surface area contributed by atoms with Gasteiger partial charge in [0.2, 0.25) is 0 Å². The van der Waals surface area contributed by atoms with Crippen molar-refractivity contribution in [1.82, 2.24) is 10.2 Å². The minimum atomic E-state index is -0.341. The number of carbonyl (C=O) groups is 1. The average Bonchev–Trinajstić information content (AvgIpc) is 2.77. The van der Waals surface area contributed by atoms with Crippen molar-refractivity contribution in [2.45, 2.75) is 39.2 Å². The molecule has 0 radical (unpaired) electrons. The zero-order valence-electron chi connectivity index (χ0n) is 13.4. The molecule has 0 fully saturated rings. The molecule has 5 bridgehead atoms. The maximum atomic E-state index is 12.1. The van der Waals surface area contributed by atoms with Crippen LogP contribution in [0.25, 0.3) is 0 Å². The smallest absolute Gasteiger partial charge is 0.250 e. The third-order valence-corrected chi connectivity index (χ3v) is 6.36. The number of hydrogen-bond acceptors (Lipinski definition) is 3. The van der Waals surface area contributed by atoms with Gasteiger partial charge in [0.25, 0.3) is 5.91 Å². The zero-order valence-corrected chi connectivity index (χ0v) is 13.4. The van der Waals surface area contributed by atoms with Gasteiger partial charge in [0, 0.05) is 30.4 Å². The minimum Gasteiger partial charge on any atom is -0.374 e. The molecule has 0 aromatic rings. The van der Waals surface area contributed by atoms with Crippen LogP contribution in [0.3, 0.4) is 0 Å². The molecule has 1 amide bonds. The van der Waals surface area contributed by atoms with Gasteiger partial charge in [-0.1, -0.05) is 25.5 Å². The van der Waals surface area contributed by atoms with Crippen LogP contribution in [0.5, 0.6) is 0 Å². The molecule has 4 heteroatoms. The van der Waals surface area contributed by atoms with Gasteiger partial charge in [0.1, 0.15) is 0 Å². The Hall–Kier alpha value is -1.97. The molecule has 0 aromatic heterocycles. The zero-order chi connectivity index (χ0) is 15.6. The maximum absolute atomic E-state index is 12.1. The Morgan fingerprint density at radius 1 is 1.45 bits per heavy atom. The quantitative estimate of drug-likeness (QED) is 0.780. The second kappa shape index (κ2) is 4.28. The molecule has 2 aliphatic heterocycles. The first-order chi connectivity index (χ1) is 10.4. The Bertz CT molecular complexity index is 697. The Labute approximate surface area is 131 Å². The van der Waals surface area contributed by atoms with E-state index >= 15 is 0 Å². The van der Waals surface area contributed by atoms with Crippen molar-refractivity contribution >= 4 is 5.91 Å². The van der Waals surface area contributed by atoms with E-state index in [2.05, 4.69) is 37.2 Å². The van der Waals surface area contributed by atoms with Crippen LogP contribution in [-0.2, 0) is 4.79 Å². The standard InChI is InChI=1S/C18H23N3O/c1-10-15-8-11-14(21(15)3)5-4-13-16(11)12(17(19)22)9-20-7-6-18(10,13)2/h6-7,9-10,15,20H,4-5,8H2,1-3H3,(H2,19,22)/b7-6-,12-9+. The number of hydrogen-bond donors (Lipinski definition) is 2. The van der Waals surface area contributed by atoms with E-state index in [9.17, 15) is 4.79 Å². The molecular weight excluding hydrogens is 274 g/mol. The van der Waals surface area contributed by atoms with E-state index in [0.717, 1.165) is 24.8 Å². The predicted octanol–water partition coefficient (Wildman–Crippen LogP) is 2.18. The number of rotatable bonds is 1. The lowest BCUT2D eigenvalue weighted by molar-refractivity contribution is -0.114. The van der Waals surface area contributed by atoms with Crippen LogP contribution in [0.4, 0.5) is 0 Å². The average molecular weight is 297 g/mol. The first kappa shape index (κ1) is 13.7. The molecule has 3 unspecified atom stereocenters. The molecule has 116 valence electrons. The molecular formula is C18H23N3O. The highest BCUT2D eigenvalue weighted by Gasteiger charge is 2.50. The Balaban J connectivity index is 2.07. The highest BCUT2D eigenvalue weighted by atomic mass is 16.1. The van der Waals surface area contributed by atoms with Gasteiger partial charge < -0.3 is 16.0 Å². The van der Waals surface area contributed by atoms with Crippen LogP contribution in [-0.4, -0.2) is 23.9 Å². The monoisotopic (exact) mass is 297 g/mol. The number of fused-ring (bicyclic) bond motifs is 1. The van der Waals surface area contributed by atoms with E-state index in [0.29, 0.717) is 17.5 Å². The lowest BCUT2D eigenvalue weighted by atomic mass is 9.65. The molecule has 2 heterocycles. The van der Waals surface area contributed by atoms with Gasteiger partial charge in [-0.25, -0.2) is 0 Å². The predicted molar refractivity (Wildman–Crippen MR) is 86.3 cm³/mol. The highest BCUT2D eigenvalue weighted by molar-refractivity contribution is 5.98. The fraction of sp³-hybridized carbons (Fsp3) is 0.500. The number of nitrogens with two attached hydrogens (primary N) is 1. The number of likely N-dealkylation sites (tertiary alicyclic amines) is 1. The summed E-state index contributed by atoms with van der Waals surface area (Å²) in [4.78, 5) is 14.5. The van der Waals surface area contributed by atoms with Gasteiger partial charge >= 0.3 is 0 Å². The van der Waals surface area contributed by atoms with Crippen molar-refractivity contribution in [3.8, 4) is 0 Å². The van der Waals surface area contributed by atoms with Gasteiger partial charge in [-0.2, -0.15) is 0 Å². The van der Waals surface area contributed by atoms with Crippen LogP contribution in [0.15, 0.2) is 46.5 Å². The topological polar surface area (TPSA) is 58.4 Å². The molecule has 3 N–H and O–H groups in total. The summed E-state index contributed by atoms with van der Waals surface area (Å²) >= 11 is 0. The number of nitrogens with one attached hydrogen (secondary N) is 1. The fourth-order valence-corrected chi connectivity index (χ4v) is 4.92. The van der Waals surface area contributed by atoms with E-state index in [-0.39, 0.29) is 11.3 Å². The summed E-state index contributed by atoms with van der Waals surface area (Å²) in [7, 11) is 2.21. The van der Waals surface area contributed by atoms with Crippen molar-refractivity contribution in [3.63, 3.8) is 0 Å². The van der Waals surface area contributed by atoms with E-state index in [1.54, 1.807) is 6.20 Å². The Morgan fingerprint density at radius 2 is 2.23 bits per heavy atom. The van der Waals surface area contributed by atoms with Crippen molar-refractivity contribution in [1.29, 1.82) is 0 Å². The molecule has 0 aromatic carbocycles. The molecule has 4 aliphatic rings. The molecule has 0 spiro atoms. The third-order valence-electron chi connectivity index (χ3n) is 6.36. The normalized spacial score (nSPS) is 39.8. The van der Waals surface area contributed by atoms with E-state index in [1.165, 1.54) is 16.8 Å². The molecule has 0 saturated heterocycles. The lowest BCUT2D eigenvalue weighted by Crippen LogP contribution is -2.43. The van der Waals surface area contributed by atoms with Crippen molar-refractivity contribution in [2.75, 3.05) is 7.05 Å². The summed E-state index contributed by atoms with van der Waals surface area (Å²) < 4.78 is 0. The molecule has 3 atom stereocenters. The van der Waals surface area contributed by atoms with Crippen molar-refractivity contribution in [3.05, 3.63) is 46.5 Å². The summed E-state index contributed by atoms with van der Waals surface area (Å²) in [5.41, 5.74) is 11.6. The molecule has 0 saturated carbocycles. The van der Waals surface area contributed by atoms with E-state index < -0.39 is 0 Å². The number of allylic oxidation sites excluding steroid dienone is 3. The molecule has 2 aliphatic carbocycles. The van der Waals surface area contributed by atoms with Crippen molar-refractivity contribution < 1.29 is 4.79 Å². The van der Waals surface area contributed by atoms with Crippen LogP contribution >= 0.6 is 0 Å². The Kier molecular flexibility index (Phi) is 2.66. The van der Waals surface area contributed by atoms with Crippen LogP contribution in [0.1, 0.15) is 33.1 Å². The van der Waals surface area contributed by atoms with Gasteiger partial charge in [-0.15, -0.1) is 0 Å². The minimum absolute atomic E-state index is 0.0378. The second-order valence-corrected chi connectivity index (χ2v) is 7.15. The third kappa shape index (κ3) is 1.50. The first-order valence-electron chi connectivity index (χ1n) is 8.08. The second-order valence-electron chi connectivity index (χ2n) is 7.15. The van der Waals surface area contributed by atoms with Crippen LogP contribution in [0.2, 0.25) is 0 Å². The fourth-order valence-electron chi connectivity index (χ4n) is 4.92. The van der Waals surface area contributed by atoms with Crippen LogP contribution < -0.4 is 11.1 Å². The van der Waals surface area contributed by atoms with Gasteiger partial charge in [-0.05, 0) is 42.5 Å². The number of amides is 1. The molecule has 4 rings (SSSR count). The lowest BCUT2D eigenvalue weighted by Gasteiger charge is -2.46. The SMILES string of the molecule is CC1C2CC3=C(CCC4=C3/C(C(N)=O)=C\N/C=C\C41C)N2C. The summed E-state index contributed by atoms with van der Waals surface area (Å²) in [6.07, 6.45) is 9.14. The largest absolute Gasteiger partial charge is 0.374 e. The van der Waals surface area contributed by atoms with E-state index in [4.69, 9.17) is 5.73 Å². The van der Waals surface area contributed by atoms with Crippen molar-refractivity contribution in [2.24, 2.45) is 17.1 Å². The molecule has 22 heavy (non-hydrogen) atoms. The highest BCUT2D eigenvalue weighted by Crippen LogP contribution is 2.57.